The minimum absolute atomic E-state index is 0.00819. The van der Waals surface area contributed by atoms with Crippen molar-refractivity contribution < 1.29 is 14.3 Å². The molecule has 4 nitrogen and oxygen atoms in total. The Morgan fingerprint density at radius 1 is 1.04 bits per heavy atom. The number of rotatable bonds is 5. The maximum atomic E-state index is 13.1. The van der Waals surface area contributed by atoms with Crippen LogP contribution in [0.4, 0.5) is 0 Å². The first-order chi connectivity index (χ1) is 12.4. The molecule has 0 aromatic heterocycles. The fourth-order valence-electron chi connectivity index (χ4n) is 4.06. The Kier molecular flexibility index (Phi) is 5.33. The van der Waals surface area contributed by atoms with Gasteiger partial charge in [0, 0.05) is 18.0 Å². The Bertz CT molecular complexity index is 819. The van der Waals surface area contributed by atoms with E-state index in [-0.39, 0.29) is 11.8 Å². The highest BCUT2D eigenvalue weighted by Crippen LogP contribution is 2.36. The Balaban J connectivity index is 1.92. The fourth-order valence-corrected chi connectivity index (χ4v) is 4.06. The van der Waals surface area contributed by atoms with Gasteiger partial charge in [-0.05, 0) is 68.1 Å². The molecule has 1 aliphatic rings. The molecular formula is C22H27NO3. The van der Waals surface area contributed by atoms with Gasteiger partial charge in [-0.25, -0.2) is 0 Å². The van der Waals surface area contributed by atoms with Crippen LogP contribution in [0.2, 0.25) is 0 Å². The van der Waals surface area contributed by atoms with Gasteiger partial charge in [0.1, 0.15) is 0 Å². The summed E-state index contributed by atoms with van der Waals surface area (Å²) in [6.45, 7) is 6.95. The number of benzene rings is 2. The van der Waals surface area contributed by atoms with E-state index in [4.69, 9.17) is 9.47 Å². The minimum Gasteiger partial charge on any atom is -0.493 e. The lowest BCUT2D eigenvalue weighted by molar-refractivity contribution is 0.0966. The smallest absolute Gasteiger partial charge is 0.165 e. The van der Waals surface area contributed by atoms with Crippen molar-refractivity contribution in [3.05, 3.63) is 57.6 Å². The van der Waals surface area contributed by atoms with Gasteiger partial charge >= 0.3 is 0 Å². The molecule has 0 amide bonds. The maximum Gasteiger partial charge on any atom is 0.165 e. The second-order valence-electron chi connectivity index (χ2n) is 7.06. The molecule has 0 radical (unpaired) electrons. The lowest BCUT2D eigenvalue weighted by Crippen LogP contribution is -2.31. The quantitative estimate of drug-likeness (QED) is 0.823. The lowest BCUT2D eigenvalue weighted by atomic mass is 9.87. The van der Waals surface area contributed by atoms with Crippen molar-refractivity contribution in [1.82, 2.24) is 5.32 Å². The van der Waals surface area contributed by atoms with Crippen LogP contribution in [0, 0.1) is 20.8 Å². The van der Waals surface area contributed by atoms with Crippen molar-refractivity contribution in [2.75, 3.05) is 20.8 Å². The molecule has 2 aromatic carbocycles. The molecule has 2 aromatic rings. The van der Waals surface area contributed by atoms with Gasteiger partial charge < -0.3 is 14.8 Å². The monoisotopic (exact) mass is 353 g/mol. The summed E-state index contributed by atoms with van der Waals surface area (Å²) in [5.74, 6) is 1.62. The molecule has 0 bridgehead atoms. The SMILES string of the molecule is COc1cc2c(cc1OC)[C@@H](CC(=O)c1c(C)cc(C)cc1C)NCC2. The number of methoxy groups -OCH3 is 2. The predicted molar refractivity (Wildman–Crippen MR) is 104 cm³/mol. The van der Waals surface area contributed by atoms with E-state index in [0.29, 0.717) is 12.2 Å². The topological polar surface area (TPSA) is 47.6 Å². The van der Waals surface area contributed by atoms with Gasteiger partial charge in [0.05, 0.1) is 14.2 Å². The molecule has 4 heteroatoms. The average molecular weight is 353 g/mol. The number of ether oxygens (including phenoxy) is 2. The van der Waals surface area contributed by atoms with Crippen LogP contribution in [-0.4, -0.2) is 26.5 Å². The molecule has 1 N–H and O–H groups in total. The van der Waals surface area contributed by atoms with Gasteiger partial charge in [0.2, 0.25) is 0 Å². The maximum absolute atomic E-state index is 13.1. The number of hydrogen-bond donors (Lipinski definition) is 1. The summed E-state index contributed by atoms with van der Waals surface area (Å²) < 4.78 is 10.9. The zero-order valence-corrected chi connectivity index (χ0v) is 16.2. The summed E-state index contributed by atoms with van der Waals surface area (Å²) in [5, 5.41) is 3.50. The molecule has 0 saturated heterocycles. The van der Waals surface area contributed by atoms with Crippen LogP contribution in [0.15, 0.2) is 24.3 Å². The third-order valence-corrected chi connectivity index (χ3v) is 5.15. The number of hydrogen-bond acceptors (Lipinski definition) is 4. The lowest BCUT2D eigenvalue weighted by Gasteiger charge is -2.28. The van der Waals surface area contributed by atoms with Crippen LogP contribution in [0.1, 0.15) is 50.6 Å². The second-order valence-corrected chi connectivity index (χ2v) is 7.06. The van der Waals surface area contributed by atoms with E-state index in [9.17, 15) is 4.79 Å². The van der Waals surface area contributed by atoms with E-state index in [2.05, 4.69) is 24.4 Å². The minimum atomic E-state index is -0.00819. The van der Waals surface area contributed by atoms with Crippen molar-refractivity contribution in [3.8, 4) is 11.5 Å². The third-order valence-electron chi connectivity index (χ3n) is 5.15. The van der Waals surface area contributed by atoms with Crippen molar-refractivity contribution in [2.24, 2.45) is 0 Å². The molecule has 0 unspecified atom stereocenters. The number of carbonyl (C=O) groups excluding carboxylic acids is 1. The first kappa shape index (κ1) is 18.5. The number of carbonyl (C=O) groups is 1. The Hall–Kier alpha value is -2.33. The largest absolute Gasteiger partial charge is 0.493 e. The number of Topliss-reactive ketones (excluding diaryl/α,β-unsaturated/α-hetero) is 1. The zero-order chi connectivity index (χ0) is 18.8. The van der Waals surface area contributed by atoms with Crippen LogP contribution in [-0.2, 0) is 6.42 Å². The normalized spacial score (nSPS) is 16.1. The summed E-state index contributed by atoms with van der Waals surface area (Å²) in [6.07, 6.45) is 1.36. The number of fused-ring (bicyclic) bond motifs is 1. The van der Waals surface area contributed by atoms with E-state index in [0.717, 1.165) is 41.0 Å². The van der Waals surface area contributed by atoms with E-state index < -0.39 is 0 Å². The summed E-state index contributed by atoms with van der Waals surface area (Å²) in [6, 6.07) is 8.19. The fraction of sp³-hybridized carbons (Fsp3) is 0.409. The van der Waals surface area contributed by atoms with Crippen LogP contribution in [0.5, 0.6) is 11.5 Å². The molecule has 138 valence electrons. The molecule has 1 aliphatic heterocycles. The summed E-state index contributed by atoms with van der Waals surface area (Å²) >= 11 is 0. The van der Waals surface area contributed by atoms with Crippen LogP contribution < -0.4 is 14.8 Å². The second kappa shape index (κ2) is 7.50. The van der Waals surface area contributed by atoms with Gasteiger partial charge in [-0.1, -0.05) is 17.7 Å². The summed E-state index contributed by atoms with van der Waals surface area (Å²) in [5.41, 5.74) is 6.49. The Labute approximate surface area is 155 Å². The molecule has 1 heterocycles. The predicted octanol–water partition coefficient (Wildman–Crippen LogP) is 4.09. The van der Waals surface area contributed by atoms with Gasteiger partial charge in [0.15, 0.2) is 17.3 Å². The highest BCUT2D eigenvalue weighted by Gasteiger charge is 2.26. The third kappa shape index (κ3) is 3.47. The van der Waals surface area contributed by atoms with Crippen molar-refractivity contribution >= 4 is 5.78 Å². The van der Waals surface area contributed by atoms with Crippen molar-refractivity contribution in [1.29, 1.82) is 0 Å². The Morgan fingerprint density at radius 2 is 1.65 bits per heavy atom. The molecule has 3 rings (SSSR count). The van der Waals surface area contributed by atoms with Gasteiger partial charge in [0.25, 0.3) is 0 Å². The molecule has 1 atom stereocenters. The molecule has 0 fully saturated rings. The molecule has 26 heavy (non-hydrogen) atoms. The van der Waals surface area contributed by atoms with E-state index in [1.165, 1.54) is 11.1 Å². The molecule has 0 aliphatic carbocycles. The Morgan fingerprint density at radius 3 is 2.27 bits per heavy atom. The first-order valence-electron chi connectivity index (χ1n) is 9.03. The number of nitrogens with one attached hydrogen (secondary N) is 1. The highest BCUT2D eigenvalue weighted by atomic mass is 16.5. The summed E-state index contributed by atoms with van der Waals surface area (Å²) in [4.78, 5) is 13.1. The molecular weight excluding hydrogens is 326 g/mol. The van der Waals surface area contributed by atoms with Crippen molar-refractivity contribution in [2.45, 2.75) is 39.7 Å². The van der Waals surface area contributed by atoms with Gasteiger partial charge in [-0.3, -0.25) is 4.79 Å². The van der Waals surface area contributed by atoms with E-state index in [1.807, 2.05) is 26.0 Å². The first-order valence-corrected chi connectivity index (χ1v) is 9.03. The highest BCUT2D eigenvalue weighted by molar-refractivity contribution is 5.99. The molecule has 0 spiro atoms. The van der Waals surface area contributed by atoms with E-state index in [1.54, 1.807) is 14.2 Å². The summed E-state index contributed by atoms with van der Waals surface area (Å²) in [7, 11) is 3.29. The number of aryl methyl sites for hydroxylation is 3. The van der Waals surface area contributed by atoms with Crippen LogP contribution in [0.3, 0.4) is 0 Å². The van der Waals surface area contributed by atoms with Crippen LogP contribution in [0.25, 0.3) is 0 Å². The molecule has 0 saturated carbocycles. The standard InChI is InChI=1S/C22H27NO3/c1-13-8-14(2)22(15(3)9-13)19(24)12-18-17-11-21(26-5)20(25-4)10-16(17)6-7-23-18/h8-11,18,23H,6-7,12H2,1-5H3/t18-/m1/s1. The zero-order valence-electron chi connectivity index (χ0n) is 16.2. The van der Waals surface area contributed by atoms with Gasteiger partial charge in [-0.15, -0.1) is 0 Å². The van der Waals surface area contributed by atoms with Crippen molar-refractivity contribution in [3.63, 3.8) is 0 Å². The van der Waals surface area contributed by atoms with E-state index >= 15 is 0 Å². The average Bonchev–Trinajstić information content (AvgIpc) is 2.59. The number of ketones is 1. The van der Waals surface area contributed by atoms with Crippen LogP contribution >= 0.6 is 0 Å². The van der Waals surface area contributed by atoms with Gasteiger partial charge in [-0.2, -0.15) is 0 Å².